The molecule has 1 fully saturated rings. The molecule has 20 heavy (non-hydrogen) atoms. The van der Waals surface area contributed by atoms with E-state index >= 15 is 0 Å². The normalized spacial score (nSPS) is 19.1. The first-order valence-corrected chi connectivity index (χ1v) is 7.75. The minimum absolute atomic E-state index is 0.348. The average Bonchev–Trinajstić information content (AvgIpc) is 2.89. The van der Waals surface area contributed by atoms with Crippen LogP contribution >= 0.6 is 11.6 Å². The molecule has 0 saturated carbocycles. The van der Waals surface area contributed by atoms with Crippen molar-refractivity contribution >= 4 is 17.3 Å². The van der Waals surface area contributed by atoms with E-state index in [-0.39, 0.29) is 0 Å². The number of anilines is 1. The van der Waals surface area contributed by atoms with Gasteiger partial charge in [-0.2, -0.15) is 0 Å². The standard InChI is InChI=1S/C16H25ClN2O/c1-12(2)9-18-10-13-4-5-14(8-16(13)17)19-7-6-15(11-19)20-3/h4-5,8,12,15,18H,6-7,9-11H2,1-3H3. The van der Waals surface area contributed by atoms with Crippen LogP contribution in [0, 0.1) is 5.92 Å². The highest BCUT2D eigenvalue weighted by Gasteiger charge is 2.22. The lowest BCUT2D eigenvalue weighted by Gasteiger charge is -2.19. The van der Waals surface area contributed by atoms with Gasteiger partial charge in [0.1, 0.15) is 0 Å². The fourth-order valence-corrected chi connectivity index (χ4v) is 2.77. The van der Waals surface area contributed by atoms with Crippen molar-refractivity contribution in [1.82, 2.24) is 5.32 Å². The zero-order chi connectivity index (χ0) is 14.5. The second-order valence-corrected chi connectivity index (χ2v) is 6.30. The summed E-state index contributed by atoms with van der Waals surface area (Å²) in [5.41, 5.74) is 2.36. The summed E-state index contributed by atoms with van der Waals surface area (Å²) in [7, 11) is 1.78. The van der Waals surface area contributed by atoms with Gasteiger partial charge in [-0.3, -0.25) is 0 Å². The van der Waals surface area contributed by atoms with E-state index in [0.717, 1.165) is 37.6 Å². The summed E-state index contributed by atoms with van der Waals surface area (Å²) >= 11 is 6.40. The molecule has 1 aliphatic rings. The van der Waals surface area contributed by atoms with Crippen LogP contribution in [-0.2, 0) is 11.3 Å². The van der Waals surface area contributed by atoms with Crippen molar-refractivity contribution in [3.63, 3.8) is 0 Å². The molecule has 2 rings (SSSR count). The molecule has 1 aromatic rings. The van der Waals surface area contributed by atoms with Crippen molar-refractivity contribution in [3.8, 4) is 0 Å². The SMILES string of the molecule is COC1CCN(c2ccc(CNCC(C)C)c(Cl)c2)C1. The number of nitrogens with zero attached hydrogens (tertiary/aromatic N) is 1. The maximum absolute atomic E-state index is 6.40. The highest BCUT2D eigenvalue weighted by atomic mass is 35.5. The van der Waals surface area contributed by atoms with Crippen LogP contribution < -0.4 is 10.2 Å². The quantitative estimate of drug-likeness (QED) is 0.871. The van der Waals surface area contributed by atoms with Crippen molar-refractivity contribution in [2.24, 2.45) is 5.92 Å². The van der Waals surface area contributed by atoms with Crippen molar-refractivity contribution in [3.05, 3.63) is 28.8 Å². The van der Waals surface area contributed by atoms with Crippen LogP contribution in [0.4, 0.5) is 5.69 Å². The Morgan fingerprint density at radius 1 is 1.45 bits per heavy atom. The topological polar surface area (TPSA) is 24.5 Å². The summed E-state index contributed by atoms with van der Waals surface area (Å²) < 4.78 is 5.41. The van der Waals surface area contributed by atoms with Gasteiger partial charge in [-0.25, -0.2) is 0 Å². The summed E-state index contributed by atoms with van der Waals surface area (Å²) in [6.07, 6.45) is 1.44. The molecular formula is C16H25ClN2O. The number of hydrogen-bond acceptors (Lipinski definition) is 3. The number of nitrogens with one attached hydrogen (secondary N) is 1. The van der Waals surface area contributed by atoms with Crippen LogP contribution in [0.5, 0.6) is 0 Å². The number of benzene rings is 1. The Bertz CT molecular complexity index is 436. The zero-order valence-electron chi connectivity index (χ0n) is 12.7. The Morgan fingerprint density at radius 2 is 2.25 bits per heavy atom. The van der Waals surface area contributed by atoms with E-state index in [1.165, 1.54) is 11.3 Å². The summed E-state index contributed by atoms with van der Waals surface area (Å²) in [6.45, 7) is 8.25. The Balaban J connectivity index is 1.95. The van der Waals surface area contributed by atoms with Crippen LogP contribution in [-0.4, -0.2) is 32.8 Å². The van der Waals surface area contributed by atoms with E-state index in [1.807, 2.05) is 0 Å². The van der Waals surface area contributed by atoms with Crippen LogP contribution in [0.25, 0.3) is 0 Å². The van der Waals surface area contributed by atoms with Crippen molar-refractivity contribution < 1.29 is 4.74 Å². The molecule has 0 bridgehead atoms. The van der Waals surface area contributed by atoms with Gasteiger partial charge < -0.3 is 15.0 Å². The molecule has 0 amide bonds. The van der Waals surface area contributed by atoms with Crippen molar-refractivity contribution in [2.75, 3.05) is 31.6 Å². The summed E-state index contributed by atoms with van der Waals surface area (Å²) in [5.74, 6) is 0.656. The van der Waals surface area contributed by atoms with Gasteiger partial charge in [-0.05, 0) is 36.6 Å². The molecule has 1 N–H and O–H groups in total. The van der Waals surface area contributed by atoms with Crippen molar-refractivity contribution in [2.45, 2.75) is 32.9 Å². The van der Waals surface area contributed by atoms with E-state index in [1.54, 1.807) is 7.11 Å². The van der Waals surface area contributed by atoms with Gasteiger partial charge >= 0.3 is 0 Å². The highest BCUT2D eigenvalue weighted by molar-refractivity contribution is 6.31. The molecule has 1 unspecified atom stereocenters. The van der Waals surface area contributed by atoms with Crippen molar-refractivity contribution in [1.29, 1.82) is 0 Å². The third-order valence-electron chi connectivity index (χ3n) is 3.75. The number of rotatable bonds is 6. The first kappa shape index (κ1) is 15.6. The molecule has 112 valence electrons. The predicted octanol–water partition coefficient (Wildman–Crippen LogP) is 3.31. The van der Waals surface area contributed by atoms with Gasteiger partial charge in [0.15, 0.2) is 0 Å². The molecule has 0 aromatic heterocycles. The first-order valence-electron chi connectivity index (χ1n) is 7.37. The minimum atomic E-state index is 0.348. The predicted molar refractivity (Wildman–Crippen MR) is 85.6 cm³/mol. The Hall–Kier alpha value is -0.770. The number of hydrogen-bond donors (Lipinski definition) is 1. The van der Waals surface area contributed by atoms with E-state index < -0.39 is 0 Å². The van der Waals surface area contributed by atoms with E-state index in [9.17, 15) is 0 Å². The first-order chi connectivity index (χ1) is 9.60. The molecule has 1 aromatic carbocycles. The Labute approximate surface area is 127 Å². The second-order valence-electron chi connectivity index (χ2n) is 5.89. The van der Waals surface area contributed by atoms with Gasteiger partial charge in [0, 0.05) is 37.5 Å². The monoisotopic (exact) mass is 296 g/mol. The van der Waals surface area contributed by atoms with Gasteiger partial charge in [-0.1, -0.05) is 31.5 Å². The minimum Gasteiger partial charge on any atom is -0.380 e. The molecule has 0 radical (unpaired) electrons. The number of methoxy groups -OCH3 is 1. The van der Waals surface area contributed by atoms with Crippen LogP contribution in [0.2, 0.25) is 5.02 Å². The van der Waals surface area contributed by atoms with Gasteiger partial charge in [0.05, 0.1) is 6.10 Å². The van der Waals surface area contributed by atoms with E-state index in [0.29, 0.717) is 12.0 Å². The van der Waals surface area contributed by atoms with E-state index in [2.05, 4.69) is 42.3 Å². The molecule has 1 aliphatic heterocycles. The van der Waals surface area contributed by atoms with Gasteiger partial charge in [-0.15, -0.1) is 0 Å². The zero-order valence-corrected chi connectivity index (χ0v) is 13.4. The fourth-order valence-electron chi connectivity index (χ4n) is 2.53. The number of ether oxygens (including phenoxy) is 1. The third kappa shape index (κ3) is 4.11. The Kier molecular flexibility index (Phi) is 5.70. The second kappa shape index (κ2) is 7.30. The molecule has 4 heteroatoms. The maximum atomic E-state index is 6.40. The smallest absolute Gasteiger partial charge is 0.0762 e. The molecular weight excluding hydrogens is 272 g/mol. The van der Waals surface area contributed by atoms with Gasteiger partial charge in [0.25, 0.3) is 0 Å². The molecule has 0 aliphatic carbocycles. The highest BCUT2D eigenvalue weighted by Crippen LogP contribution is 2.27. The molecule has 3 nitrogen and oxygen atoms in total. The maximum Gasteiger partial charge on any atom is 0.0762 e. The average molecular weight is 297 g/mol. The lowest BCUT2D eigenvalue weighted by Crippen LogP contribution is -2.22. The lowest BCUT2D eigenvalue weighted by atomic mass is 10.1. The largest absolute Gasteiger partial charge is 0.380 e. The van der Waals surface area contributed by atoms with Gasteiger partial charge in [0.2, 0.25) is 0 Å². The lowest BCUT2D eigenvalue weighted by molar-refractivity contribution is 0.121. The summed E-state index contributed by atoms with van der Waals surface area (Å²) in [4.78, 5) is 2.34. The van der Waals surface area contributed by atoms with Crippen LogP contribution in [0.3, 0.4) is 0 Å². The number of halogens is 1. The molecule has 0 spiro atoms. The molecule has 1 atom stereocenters. The third-order valence-corrected chi connectivity index (χ3v) is 4.10. The molecule has 1 heterocycles. The fraction of sp³-hybridized carbons (Fsp3) is 0.625. The summed E-state index contributed by atoms with van der Waals surface area (Å²) in [5, 5.41) is 4.28. The van der Waals surface area contributed by atoms with E-state index in [4.69, 9.17) is 16.3 Å². The van der Waals surface area contributed by atoms with Crippen LogP contribution in [0.1, 0.15) is 25.8 Å². The van der Waals surface area contributed by atoms with Crippen LogP contribution in [0.15, 0.2) is 18.2 Å². The Morgan fingerprint density at radius 3 is 2.85 bits per heavy atom. The summed E-state index contributed by atoms with van der Waals surface area (Å²) in [6, 6.07) is 6.37. The molecule has 1 saturated heterocycles.